The molecular weight excluding hydrogens is 270 g/mol. The van der Waals surface area contributed by atoms with E-state index in [2.05, 4.69) is 5.32 Å². The van der Waals surface area contributed by atoms with Gasteiger partial charge in [0.25, 0.3) is 0 Å². The van der Waals surface area contributed by atoms with Crippen molar-refractivity contribution in [3.05, 3.63) is 29.8 Å². The number of carbonyl (C=O) groups excluding carboxylic acids is 1. The number of nitrogens with one attached hydrogen (secondary N) is 1. The second kappa shape index (κ2) is 5.44. The number of amides is 2. The van der Waals surface area contributed by atoms with E-state index in [0.29, 0.717) is 11.3 Å². The zero-order chi connectivity index (χ0) is 15.6. The summed E-state index contributed by atoms with van der Waals surface area (Å²) in [5.41, 5.74) is -0.466. The molecule has 21 heavy (non-hydrogen) atoms. The van der Waals surface area contributed by atoms with Crippen molar-refractivity contribution in [3.63, 3.8) is 0 Å². The fraction of sp³-hybridized carbons (Fsp3) is 0.400. The van der Waals surface area contributed by atoms with Crippen molar-refractivity contribution >= 4 is 17.7 Å². The minimum absolute atomic E-state index is 0.0430. The van der Waals surface area contributed by atoms with Crippen LogP contribution in [0.5, 0.6) is 0 Å². The average molecular weight is 287 g/mol. The molecule has 1 unspecified atom stereocenters. The van der Waals surface area contributed by atoms with Crippen molar-refractivity contribution < 1.29 is 14.7 Å². The van der Waals surface area contributed by atoms with Crippen molar-refractivity contribution in [1.82, 2.24) is 5.32 Å². The Morgan fingerprint density at radius 2 is 2.05 bits per heavy atom. The first kappa shape index (κ1) is 14.9. The Hall–Kier alpha value is -2.55. The van der Waals surface area contributed by atoms with Crippen LogP contribution in [0.1, 0.15) is 25.3 Å². The van der Waals surface area contributed by atoms with Crippen LogP contribution in [0.15, 0.2) is 24.3 Å². The number of carboxylic acids is 1. The third-order valence-electron chi connectivity index (χ3n) is 3.90. The maximum Gasteiger partial charge on any atom is 0.329 e. The Bertz CT molecular complexity index is 619. The zero-order valence-corrected chi connectivity index (χ0v) is 12.0. The summed E-state index contributed by atoms with van der Waals surface area (Å²) in [7, 11) is 1.51. The molecule has 0 bridgehead atoms. The van der Waals surface area contributed by atoms with E-state index in [0.717, 1.165) is 12.8 Å². The molecule has 0 radical (unpaired) electrons. The van der Waals surface area contributed by atoms with Crippen molar-refractivity contribution in [3.8, 4) is 6.07 Å². The normalized spacial score (nSPS) is 16.4. The molecule has 1 aromatic rings. The van der Waals surface area contributed by atoms with Gasteiger partial charge in [-0.2, -0.15) is 5.26 Å². The fourth-order valence-corrected chi connectivity index (χ4v) is 2.27. The molecule has 0 spiro atoms. The molecule has 1 aliphatic rings. The lowest BCUT2D eigenvalue weighted by atomic mass is 9.96. The van der Waals surface area contributed by atoms with Gasteiger partial charge in [0.15, 0.2) is 0 Å². The van der Waals surface area contributed by atoms with Crippen LogP contribution in [0.25, 0.3) is 0 Å². The molecule has 6 heteroatoms. The van der Waals surface area contributed by atoms with Crippen LogP contribution in [0.4, 0.5) is 10.5 Å². The Morgan fingerprint density at radius 1 is 1.43 bits per heavy atom. The van der Waals surface area contributed by atoms with E-state index in [1.807, 2.05) is 6.07 Å². The number of nitrogens with zero attached hydrogens (tertiary/aromatic N) is 2. The summed E-state index contributed by atoms with van der Waals surface area (Å²) in [5.74, 6) is -1.08. The monoisotopic (exact) mass is 287 g/mol. The highest BCUT2D eigenvalue weighted by Crippen LogP contribution is 2.39. The first-order valence-electron chi connectivity index (χ1n) is 6.68. The van der Waals surface area contributed by atoms with E-state index in [4.69, 9.17) is 5.26 Å². The van der Waals surface area contributed by atoms with E-state index in [1.54, 1.807) is 24.3 Å². The Morgan fingerprint density at radius 3 is 2.57 bits per heavy atom. The number of aliphatic carboxylic acids is 1. The van der Waals surface area contributed by atoms with Gasteiger partial charge in [-0.1, -0.05) is 12.1 Å². The lowest BCUT2D eigenvalue weighted by molar-refractivity contribution is -0.144. The molecule has 1 saturated carbocycles. The maximum absolute atomic E-state index is 12.3. The number of hydrogen-bond donors (Lipinski definition) is 2. The highest BCUT2D eigenvalue weighted by atomic mass is 16.4. The molecule has 1 aliphatic carbocycles. The van der Waals surface area contributed by atoms with Crippen LogP contribution in [-0.2, 0) is 4.79 Å². The highest BCUT2D eigenvalue weighted by molar-refractivity contribution is 5.96. The standard InChI is InChI=1S/C15H17N3O3/c1-15(13(19)20,11-7-8-11)17-14(21)18(2)12-6-4-3-5-10(12)9-16/h3-6,11H,7-8H2,1-2H3,(H,17,21)(H,19,20). The van der Waals surface area contributed by atoms with E-state index in [1.165, 1.54) is 18.9 Å². The van der Waals surface area contributed by atoms with E-state index in [-0.39, 0.29) is 5.92 Å². The van der Waals surface area contributed by atoms with Gasteiger partial charge >= 0.3 is 12.0 Å². The third kappa shape index (κ3) is 2.82. The van der Waals surface area contributed by atoms with Crippen LogP contribution in [0.3, 0.4) is 0 Å². The van der Waals surface area contributed by atoms with Gasteiger partial charge < -0.3 is 10.4 Å². The Balaban J connectivity index is 2.20. The van der Waals surface area contributed by atoms with E-state index < -0.39 is 17.5 Å². The third-order valence-corrected chi connectivity index (χ3v) is 3.90. The van der Waals surface area contributed by atoms with Crippen LogP contribution in [0.2, 0.25) is 0 Å². The van der Waals surface area contributed by atoms with Gasteiger partial charge in [-0.25, -0.2) is 9.59 Å². The van der Waals surface area contributed by atoms with Gasteiger partial charge in [-0.15, -0.1) is 0 Å². The van der Waals surface area contributed by atoms with Gasteiger partial charge in [0.05, 0.1) is 11.3 Å². The van der Waals surface area contributed by atoms with Crippen molar-refractivity contribution in [2.75, 3.05) is 11.9 Å². The molecule has 1 aromatic carbocycles. The molecule has 0 aliphatic heterocycles. The second-order valence-electron chi connectivity index (χ2n) is 5.40. The number of hydrogen-bond acceptors (Lipinski definition) is 3. The Kier molecular flexibility index (Phi) is 3.85. The molecule has 0 aromatic heterocycles. The highest BCUT2D eigenvalue weighted by Gasteiger charge is 2.49. The number of carboxylic acid groups (broad SMARTS) is 1. The number of carbonyl (C=O) groups is 2. The topological polar surface area (TPSA) is 93.4 Å². The second-order valence-corrected chi connectivity index (χ2v) is 5.40. The van der Waals surface area contributed by atoms with Crippen molar-refractivity contribution in [2.24, 2.45) is 5.92 Å². The van der Waals surface area contributed by atoms with E-state index >= 15 is 0 Å². The number of benzene rings is 1. The SMILES string of the molecule is CN(C(=O)NC(C)(C(=O)O)C1CC1)c1ccccc1C#N. The lowest BCUT2D eigenvalue weighted by Gasteiger charge is -2.29. The number of nitriles is 1. The molecule has 2 amide bonds. The van der Waals surface area contributed by atoms with Gasteiger partial charge in [0, 0.05) is 7.05 Å². The number of urea groups is 1. The van der Waals surface area contributed by atoms with Gasteiger partial charge in [0.2, 0.25) is 0 Å². The largest absolute Gasteiger partial charge is 0.480 e. The zero-order valence-electron chi connectivity index (χ0n) is 12.0. The smallest absolute Gasteiger partial charge is 0.329 e. The first-order chi connectivity index (χ1) is 9.90. The minimum Gasteiger partial charge on any atom is -0.480 e. The molecule has 110 valence electrons. The summed E-state index contributed by atoms with van der Waals surface area (Å²) in [4.78, 5) is 25.0. The van der Waals surface area contributed by atoms with E-state index in [9.17, 15) is 14.7 Å². The number of anilines is 1. The van der Waals surface area contributed by atoms with Gasteiger partial charge in [0.1, 0.15) is 11.6 Å². The average Bonchev–Trinajstić information content (AvgIpc) is 3.30. The number of para-hydroxylation sites is 1. The molecule has 0 saturated heterocycles. The molecule has 6 nitrogen and oxygen atoms in total. The fourth-order valence-electron chi connectivity index (χ4n) is 2.27. The maximum atomic E-state index is 12.3. The summed E-state index contributed by atoms with van der Waals surface area (Å²) in [6.45, 7) is 1.52. The molecule has 2 N–H and O–H groups in total. The molecule has 2 rings (SSSR count). The van der Waals surface area contributed by atoms with Gasteiger partial charge in [-0.05, 0) is 37.8 Å². The van der Waals surface area contributed by atoms with Crippen LogP contribution >= 0.6 is 0 Å². The summed E-state index contributed by atoms with van der Waals surface area (Å²) < 4.78 is 0. The molecular formula is C15H17N3O3. The predicted molar refractivity (Wildman–Crippen MR) is 76.9 cm³/mol. The summed E-state index contributed by atoms with van der Waals surface area (Å²) in [5, 5.41) is 21.0. The predicted octanol–water partition coefficient (Wildman–Crippen LogP) is 1.96. The number of rotatable bonds is 4. The van der Waals surface area contributed by atoms with Crippen LogP contribution in [-0.4, -0.2) is 29.7 Å². The van der Waals surface area contributed by atoms with Crippen LogP contribution < -0.4 is 10.2 Å². The minimum atomic E-state index is -1.27. The van der Waals surface area contributed by atoms with Crippen molar-refractivity contribution in [2.45, 2.75) is 25.3 Å². The van der Waals surface area contributed by atoms with Gasteiger partial charge in [-0.3, -0.25) is 4.90 Å². The summed E-state index contributed by atoms with van der Waals surface area (Å²) in [6.07, 6.45) is 1.59. The molecule has 1 fully saturated rings. The molecule has 1 atom stereocenters. The Labute approximate surface area is 123 Å². The molecule has 0 heterocycles. The summed E-state index contributed by atoms with van der Waals surface area (Å²) >= 11 is 0. The first-order valence-corrected chi connectivity index (χ1v) is 6.68. The lowest BCUT2D eigenvalue weighted by Crippen LogP contribution is -2.57. The van der Waals surface area contributed by atoms with Crippen molar-refractivity contribution in [1.29, 1.82) is 5.26 Å². The van der Waals surface area contributed by atoms with Crippen LogP contribution in [0, 0.1) is 17.2 Å². The summed E-state index contributed by atoms with van der Waals surface area (Å²) in [6, 6.07) is 8.16. The quantitative estimate of drug-likeness (QED) is 0.885.